The molecule has 0 unspecified atom stereocenters. The van der Waals surface area contributed by atoms with E-state index in [0.29, 0.717) is 0 Å². The molecule has 0 radical (unpaired) electrons. The van der Waals surface area contributed by atoms with E-state index in [1.165, 1.54) is 5.56 Å². The Bertz CT molecular complexity index is 1030. The highest BCUT2D eigenvalue weighted by molar-refractivity contribution is 6.09. The Kier molecular flexibility index (Phi) is 4.71. The van der Waals surface area contributed by atoms with Crippen LogP contribution in [0.3, 0.4) is 0 Å². The Balaban J connectivity index is 1.89. The first-order valence-electron chi connectivity index (χ1n) is 9.08. The van der Waals surface area contributed by atoms with E-state index in [2.05, 4.69) is 91.5 Å². The minimum atomic E-state index is 0.861. The van der Waals surface area contributed by atoms with Crippen LogP contribution in [-0.2, 0) is 4.74 Å². The summed E-state index contributed by atoms with van der Waals surface area (Å²) in [6.07, 6.45) is 12.6. The van der Waals surface area contributed by atoms with Gasteiger partial charge in [-0.25, -0.2) is 4.58 Å². The highest BCUT2D eigenvalue weighted by atomic mass is 16.5. The number of nitrogens with zero attached hydrogens (tertiary/aromatic N) is 1. The third-order valence-corrected chi connectivity index (χ3v) is 4.61. The number of hydrogen-bond donors (Lipinski definition) is 0. The van der Waals surface area contributed by atoms with Crippen LogP contribution in [-0.4, -0.2) is 24.4 Å². The monoisotopic (exact) mass is 352 g/mol. The van der Waals surface area contributed by atoms with Crippen LogP contribution < -0.4 is 0 Å². The van der Waals surface area contributed by atoms with Crippen molar-refractivity contribution in [1.82, 2.24) is 0 Å². The molecule has 4 rings (SSSR count). The standard InChI is InChI=1S/C25H22NO/c1-26(2)23-16-10-9-15-22(23)25-18-21(19-11-5-3-6-12-19)17-24(27-25)20-13-7-4-8-14-20/h3-18H,1-2H3/q+1/b25-22-. The van der Waals surface area contributed by atoms with E-state index in [0.717, 1.165) is 33.9 Å². The van der Waals surface area contributed by atoms with Gasteiger partial charge in [0, 0.05) is 11.6 Å². The quantitative estimate of drug-likeness (QED) is 0.674. The molecule has 2 nitrogen and oxygen atoms in total. The molecule has 1 heterocycles. The summed E-state index contributed by atoms with van der Waals surface area (Å²) in [5, 5.41) is 0. The Morgan fingerprint density at radius 2 is 1.33 bits per heavy atom. The van der Waals surface area contributed by atoms with E-state index >= 15 is 0 Å². The van der Waals surface area contributed by atoms with Gasteiger partial charge in [0.1, 0.15) is 25.6 Å². The molecule has 2 aromatic carbocycles. The first-order valence-corrected chi connectivity index (χ1v) is 9.08. The van der Waals surface area contributed by atoms with E-state index in [9.17, 15) is 0 Å². The van der Waals surface area contributed by atoms with Crippen LogP contribution in [0.5, 0.6) is 0 Å². The van der Waals surface area contributed by atoms with Gasteiger partial charge in [-0.05, 0) is 29.4 Å². The fourth-order valence-electron chi connectivity index (χ4n) is 3.25. The van der Waals surface area contributed by atoms with Crippen LogP contribution in [0.2, 0.25) is 0 Å². The van der Waals surface area contributed by atoms with Crippen LogP contribution in [0.15, 0.2) is 108 Å². The van der Waals surface area contributed by atoms with Gasteiger partial charge in [-0.2, -0.15) is 0 Å². The molecule has 1 aliphatic carbocycles. The van der Waals surface area contributed by atoms with E-state index in [4.69, 9.17) is 4.74 Å². The Labute approximate surface area is 160 Å². The van der Waals surface area contributed by atoms with Gasteiger partial charge in [-0.1, -0.05) is 72.8 Å². The molecular weight excluding hydrogens is 330 g/mol. The van der Waals surface area contributed by atoms with Gasteiger partial charge >= 0.3 is 0 Å². The maximum atomic E-state index is 6.38. The van der Waals surface area contributed by atoms with Crippen LogP contribution in [0.1, 0.15) is 11.1 Å². The Morgan fingerprint density at radius 3 is 2.00 bits per heavy atom. The van der Waals surface area contributed by atoms with E-state index in [-0.39, 0.29) is 0 Å². The summed E-state index contributed by atoms with van der Waals surface area (Å²) in [7, 11) is 4.11. The molecule has 0 fully saturated rings. The largest absolute Gasteiger partial charge is 0.456 e. The number of rotatable bonds is 2. The maximum Gasteiger partial charge on any atom is 0.210 e. The predicted molar refractivity (Wildman–Crippen MR) is 112 cm³/mol. The van der Waals surface area contributed by atoms with E-state index < -0.39 is 0 Å². The highest BCUT2D eigenvalue weighted by Gasteiger charge is 2.22. The van der Waals surface area contributed by atoms with Gasteiger partial charge in [-0.3, -0.25) is 0 Å². The van der Waals surface area contributed by atoms with Crippen LogP contribution in [0.4, 0.5) is 0 Å². The number of ether oxygens (including phenoxy) is 1. The molecule has 0 amide bonds. The molecular formula is C25H22NO+. The zero-order valence-corrected chi connectivity index (χ0v) is 15.6. The topological polar surface area (TPSA) is 12.2 Å². The van der Waals surface area contributed by atoms with Crippen molar-refractivity contribution in [2.24, 2.45) is 0 Å². The smallest absolute Gasteiger partial charge is 0.210 e. The fraction of sp³-hybridized carbons (Fsp3) is 0.0800. The average molecular weight is 352 g/mol. The third-order valence-electron chi connectivity index (χ3n) is 4.61. The van der Waals surface area contributed by atoms with Crippen molar-refractivity contribution in [2.75, 3.05) is 14.1 Å². The average Bonchev–Trinajstić information content (AvgIpc) is 2.74. The number of hydrogen-bond acceptors (Lipinski definition) is 1. The SMILES string of the molecule is C[N+](C)=C1C=CC=C/C1=C1\C=C(c2ccccc2)C=C(c2ccccc2)O1. The van der Waals surface area contributed by atoms with Crippen LogP contribution in [0.25, 0.3) is 11.3 Å². The molecule has 0 spiro atoms. The lowest BCUT2D eigenvalue weighted by Gasteiger charge is -2.20. The number of allylic oxidation sites excluding steroid dienone is 8. The minimum absolute atomic E-state index is 0.861. The summed E-state index contributed by atoms with van der Waals surface area (Å²) in [6.45, 7) is 0. The summed E-state index contributed by atoms with van der Waals surface area (Å²) >= 11 is 0. The second kappa shape index (κ2) is 7.46. The second-order valence-corrected chi connectivity index (χ2v) is 6.72. The molecule has 0 atom stereocenters. The molecule has 2 aromatic rings. The first-order chi connectivity index (χ1) is 13.2. The normalized spacial score (nSPS) is 18.7. The second-order valence-electron chi connectivity index (χ2n) is 6.72. The molecule has 0 N–H and O–H groups in total. The fourth-order valence-corrected chi connectivity index (χ4v) is 3.25. The van der Waals surface area contributed by atoms with Crippen LogP contribution in [0, 0.1) is 0 Å². The van der Waals surface area contributed by atoms with Crippen LogP contribution >= 0.6 is 0 Å². The number of benzene rings is 2. The van der Waals surface area contributed by atoms with Crippen molar-refractivity contribution in [3.63, 3.8) is 0 Å². The van der Waals surface area contributed by atoms with Gasteiger partial charge in [-0.15, -0.1) is 0 Å². The lowest BCUT2D eigenvalue weighted by atomic mass is 9.97. The van der Waals surface area contributed by atoms with E-state index in [1.54, 1.807) is 0 Å². The van der Waals surface area contributed by atoms with E-state index in [1.807, 2.05) is 24.3 Å². The molecule has 0 bridgehead atoms. The van der Waals surface area contributed by atoms with Crippen molar-refractivity contribution in [1.29, 1.82) is 0 Å². The van der Waals surface area contributed by atoms with Gasteiger partial charge in [0.25, 0.3) is 0 Å². The highest BCUT2D eigenvalue weighted by Crippen LogP contribution is 2.33. The molecule has 0 saturated carbocycles. The summed E-state index contributed by atoms with van der Waals surface area (Å²) < 4.78 is 8.49. The van der Waals surface area contributed by atoms with Crippen molar-refractivity contribution < 1.29 is 9.31 Å². The van der Waals surface area contributed by atoms with Gasteiger partial charge in [0.05, 0.1) is 5.57 Å². The zero-order chi connectivity index (χ0) is 18.6. The van der Waals surface area contributed by atoms with Crippen molar-refractivity contribution >= 4 is 17.0 Å². The first kappa shape index (κ1) is 17.0. The molecule has 0 aromatic heterocycles. The van der Waals surface area contributed by atoms with Crippen molar-refractivity contribution in [3.8, 4) is 0 Å². The molecule has 27 heavy (non-hydrogen) atoms. The maximum absolute atomic E-state index is 6.38. The molecule has 2 heteroatoms. The molecule has 2 aliphatic rings. The third kappa shape index (κ3) is 3.61. The summed E-state index contributed by atoms with van der Waals surface area (Å²) in [6, 6.07) is 20.7. The lowest BCUT2D eigenvalue weighted by molar-refractivity contribution is -0.463. The van der Waals surface area contributed by atoms with Crippen molar-refractivity contribution in [2.45, 2.75) is 0 Å². The Morgan fingerprint density at radius 1 is 0.704 bits per heavy atom. The summed E-state index contributed by atoms with van der Waals surface area (Å²) in [5.41, 5.74) is 5.60. The molecule has 1 aliphatic heterocycles. The van der Waals surface area contributed by atoms with Crippen molar-refractivity contribution in [3.05, 3.63) is 120 Å². The van der Waals surface area contributed by atoms with Gasteiger partial charge in [0.15, 0.2) is 0 Å². The summed E-state index contributed by atoms with van der Waals surface area (Å²) in [4.78, 5) is 0. The lowest BCUT2D eigenvalue weighted by Crippen LogP contribution is -2.16. The van der Waals surface area contributed by atoms with Gasteiger partial charge < -0.3 is 4.74 Å². The summed E-state index contributed by atoms with van der Waals surface area (Å²) in [5.74, 6) is 1.72. The zero-order valence-electron chi connectivity index (χ0n) is 15.6. The molecule has 132 valence electrons. The van der Waals surface area contributed by atoms with Gasteiger partial charge in [0.2, 0.25) is 5.71 Å². The molecule has 0 saturated heterocycles. The minimum Gasteiger partial charge on any atom is -0.456 e. The Hall–Kier alpha value is -3.39. The predicted octanol–water partition coefficient (Wildman–Crippen LogP) is 5.23.